The summed E-state index contributed by atoms with van der Waals surface area (Å²) in [5.41, 5.74) is 6.91. The molecule has 0 aliphatic heterocycles. The molecule has 0 radical (unpaired) electrons. The highest BCUT2D eigenvalue weighted by Crippen LogP contribution is 2.42. The molecular weight excluding hydrogens is 991 g/mol. The van der Waals surface area contributed by atoms with E-state index in [0.717, 1.165) is 72.6 Å². The van der Waals surface area contributed by atoms with Gasteiger partial charge in [-0.1, -0.05) is 143 Å². The summed E-state index contributed by atoms with van der Waals surface area (Å²) in [5.74, 6) is -1.67. The van der Waals surface area contributed by atoms with Crippen LogP contribution in [0.4, 0.5) is 0 Å². The van der Waals surface area contributed by atoms with Crippen LogP contribution in [-0.4, -0.2) is 69.8 Å². The summed E-state index contributed by atoms with van der Waals surface area (Å²) in [6.07, 6.45) is 6.27. The van der Waals surface area contributed by atoms with Crippen LogP contribution in [0, 0.1) is 6.92 Å². The molecular formula is C63H69N3O6S3. The third-order valence-corrected chi connectivity index (χ3v) is 14.8. The van der Waals surface area contributed by atoms with Gasteiger partial charge in [0, 0.05) is 57.1 Å². The quantitative estimate of drug-likeness (QED) is 0.0789. The Labute approximate surface area is 455 Å². The molecule has 0 bridgehead atoms. The highest BCUT2D eigenvalue weighted by molar-refractivity contribution is 8.02. The Morgan fingerprint density at radius 3 is 1.41 bits per heavy atom. The number of carbonyl (C=O) groups is 3. The number of aldehydes is 1. The number of fused-ring (bicyclic) bond motifs is 3. The molecule has 0 aliphatic rings. The number of carboxylic acids is 2. The molecule has 0 unspecified atom stereocenters. The molecule has 9 nitrogen and oxygen atoms in total. The van der Waals surface area contributed by atoms with Gasteiger partial charge in [0.25, 0.3) is 0 Å². The van der Waals surface area contributed by atoms with Crippen LogP contribution in [0.3, 0.4) is 0 Å². The van der Waals surface area contributed by atoms with Crippen molar-refractivity contribution in [1.29, 1.82) is 0 Å². The minimum absolute atomic E-state index is 0.470. The molecule has 0 aliphatic carbocycles. The number of thioether (sulfide) groups is 3. The summed E-state index contributed by atoms with van der Waals surface area (Å²) in [6.45, 7) is 20.8. The summed E-state index contributed by atoms with van der Waals surface area (Å²) in [5, 5.41) is 32.8. The van der Waals surface area contributed by atoms with E-state index in [-0.39, 0.29) is 0 Å². The van der Waals surface area contributed by atoms with Crippen molar-refractivity contribution in [3.05, 3.63) is 182 Å². The topological polar surface area (TPSA) is 151 Å². The maximum absolute atomic E-state index is 11.5. The van der Waals surface area contributed by atoms with E-state index >= 15 is 0 Å². The summed E-state index contributed by atoms with van der Waals surface area (Å²) >= 11 is 4.19. The van der Waals surface area contributed by atoms with E-state index in [1.165, 1.54) is 50.6 Å². The van der Waals surface area contributed by atoms with Gasteiger partial charge in [-0.05, 0) is 129 Å². The fraction of sp³-hybridized carbons (Fsp3) is 0.238. The molecule has 12 heteroatoms. The van der Waals surface area contributed by atoms with Crippen molar-refractivity contribution in [3.63, 3.8) is 0 Å². The Morgan fingerprint density at radius 2 is 0.880 bits per heavy atom. The van der Waals surface area contributed by atoms with E-state index in [9.17, 15) is 24.6 Å². The van der Waals surface area contributed by atoms with Crippen LogP contribution < -0.4 is 0 Å². The number of aromatic nitrogens is 3. The molecule has 0 atom stereocenters. The molecule has 9 rings (SSSR count). The molecule has 3 aromatic heterocycles. The van der Waals surface area contributed by atoms with Gasteiger partial charge in [0.15, 0.2) is 0 Å². The monoisotopic (exact) mass is 1060 g/mol. The molecule has 0 amide bonds. The summed E-state index contributed by atoms with van der Waals surface area (Å²) in [6, 6.07) is 52.7. The third-order valence-electron chi connectivity index (χ3n) is 11.2. The Hall–Kier alpha value is -6.83. The van der Waals surface area contributed by atoms with Gasteiger partial charge in [-0.15, -0.1) is 35.3 Å². The molecule has 0 fully saturated rings. The Morgan fingerprint density at radius 1 is 0.453 bits per heavy atom. The number of hydrogen-bond donors (Lipinski definition) is 3. The summed E-state index contributed by atoms with van der Waals surface area (Å²) < 4.78 is -2.30. The number of aliphatic hydroxyl groups is 1. The molecule has 390 valence electrons. The first-order valence-corrected chi connectivity index (χ1v) is 27.2. The zero-order valence-corrected chi connectivity index (χ0v) is 47.4. The van der Waals surface area contributed by atoms with Crippen molar-refractivity contribution >= 4 is 85.8 Å². The molecule has 9 aromatic rings. The number of aryl methyl sites for hydroxylation is 1. The van der Waals surface area contributed by atoms with Crippen molar-refractivity contribution in [3.8, 4) is 33.8 Å². The predicted octanol–water partition coefficient (Wildman–Crippen LogP) is 16.7. The van der Waals surface area contributed by atoms with E-state index in [1.54, 1.807) is 58.0 Å². The summed E-state index contributed by atoms with van der Waals surface area (Å²) in [7, 11) is 1.00. The lowest BCUT2D eigenvalue weighted by Crippen LogP contribution is -2.27. The van der Waals surface area contributed by atoms with Gasteiger partial charge in [-0.3, -0.25) is 24.5 Å². The number of carboxylic acid groups (broad SMARTS) is 2. The lowest BCUT2D eigenvalue weighted by molar-refractivity contribution is -0.139. The second-order valence-corrected chi connectivity index (χ2v) is 22.8. The molecule has 0 saturated carbocycles. The Balaban J connectivity index is 0.000000232. The van der Waals surface area contributed by atoms with Gasteiger partial charge >= 0.3 is 11.9 Å². The van der Waals surface area contributed by atoms with Crippen LogP contribution in [0.15, 0.2) is 191 Å². The highest BCUT2D eigenvalue weighted by atomic mass is 32.2. The van der Waals surface area contributed by atoms with Crippen LogP contribution in [-0.2, 0) is 14.4 Å². The van der Waals surface area contributed by atoms with Gasteiger partial charge in [0.05, 0.1) is 21.8 Å². The molecule has 6 aromatic carbocycles. The molecule has 0 saturated heterocycles. The van der Waals surface area contributed by atoms with Gasteiger partial charge < -0.3 is 20.1 Å². The molecule has 3 heterocycles. The normalized spacial score (nSPS) is 10.9. The van der Waals surface area contributed by atoms with Crippen molar-refractivity contribution in [2.75, 3.05) is 7.11 Å². The average molecular weight is 1060 g/mol. The number of pyridine rings is 3. The first-order chi connectivity index (χ1) is 36.0. The lowest BCUT2D eigenvalue weighted by Gasteiger charge is -2.20. The van der Waals surface area contributed by atoms with E-state index in [4.69, 9.17) is 5.11 Å². The zero-order chi connectivity index (χ0) is 55.3. The SMILES string of the molecule is CC.CC.CC(C)(C=O)Sc1cccnc1-c1cccc2ccccc12.CC(C)(Sc1cccnc1-c1ccc2ccccc2c1)C(=O)O.CO.Cc1ccc(-c2ncccc2SC(C)(C)C(=O)O)c2ccccc12. The van der Waals surface area contributed by atoms with Crippen LogP contribution in [0.5, 0.6) is 0 Å². The second-order valence-electron chi connectivity index (χ2n) is 17.8. The van der Waals surface area contributed by atoms with Crippen molar-refractivity contribution in [2.24, 2.45) is 0 Å². The zero-order valence-electron chi connectivity index (χ0n) is 45.0. The lowest BCUT2D eigenvalue weighted by atomic mass is 9.98. The number of aliphatic hydroxyl groups excluding tert-OH is 1. The number of aliphatic carboxylic acids is 2. The maximum atomic E-state index is 11.5. The second kappa shape index (κ2) is 28.7. The minimum atomic E-state index is -0.918. The van der Waals surface area contributed by atoms with Crippen molar-refractivity contribution in [2.45, 2.75) is 105 Å². The average Bonchev–Trinajstić information content (AvgIpc) is 3.43. The third kappa shape index (κ3) is 16.1. The highest BCUT2D eigenvalue weighted by Gasteiger charge is 2.31. The van der Waals surface area contributed by atoms with Gasteiger partial charge in [0.1, 0.15) is 15.8 Å². The van der Waals surface area contributed by atoms with E-state index in [0.29, 0.717) is 0 Å². The van der Waals surface area contributed by atoms with E-state index < -0.39 is 26.2 Å². The first-order valence-electron chi connectivity index (χ1n) is 24.7. The van der Waals surface area contributed by atoms with Crippen molar-refractivity contribution in [1.82, 2.24) is 15.0 Å². The minimum Gasteiger partial charge on any atom is -0.480 e. The standard InChI is InChI=1S/C20H19NO2S.C19H17NO2S.C19H17NOS.2C2H6.CH4O/c1-13-10-11-16(15-8-5-4-7-14(13)15)18-17(9-6-12-21-18)24-20(2,3)19(22)23;1-19(2,18(21)22)23-16-8-5-11-20-17(16)15-10-9-13-6-3-4-7-14(13)12-15;1-19(2,13-21)22-17-11-6-12-20-18(17)16-10-5-8-14-7-3-4-9-15(14)16;3*1-2/h4-12H,1-3H3,(H,22,23);3-12H,1-2H3,(H,21,22);3-13H,1-2H3;2*1-2H3;2H,1H3. The number of nitrogens with zero attached hydrogens (tertiary/aromatic N) is 3. The van der Waals surface area contributed by atoms with Crippen LogP contribution >= 0.6 is 35.3 Å². The van der Waals surface area contributed by atoms with Gasteiger partial charge in [-0.25, -0.2) is 0 Å². The summed E-state index contributed by atoms with van der Waals surface area (Å²) in [4.78, 5) is 50.5. The number of rotatable bonds is 12. The largest absolute Gasteiger partial charge is 0.480 e. The van der Waals surface area contributed by atoms with Gasteiger partial charge in [0.2, 0.25) is 0 Å². The van der Waals surface area contributed by atoms with Crippen LogP contribution in [0.1, 0.15) is 74.8 Å². The van der Waals surface area contributed by atoms with E-state index in [2.05, 4.69) is 94.7 Å². The van der Waals surface area contributed by atoms with Crippen LogP contribution in [0.2, 0.25) is 0 Å². The number of carbonyl (C=O) groups excluding carboxylic acids is 1. The predicted molar refractivity (Wildman–Crippen MR) is 318 cm³/mol. The van der Waals surface area contributed by atoms with E-state index in [1.807, 2.05) is 126 Å². The smallest absolute Gasteiger partial charge is 0.319 e. The van der Waals surface area contributed by atoms with Gasteiger partial charge in [-0.2, -0.15) is 0 Å². The van der Waals surface area contributed by atoms with Crippen molar-refractivity contribution < 1.29 is 29.7 Å². The molecule has 3 N–H and O–H groups in total. The number of hydrogen-bond acceptors (Lipinski definition) is 10. The van der Waals surface area contributed by atoms with Crippen LogP contribution in [0.25, 0.3) is 66.1 Å². The fourth-order valence-corrected chi connectivity index (χ4v) is 10.5. The number of benzene rings is 6. The Bertz CT molecular complexity index is 3320. The fourth-order valence-electron chi connectivity index (χ4n) is 7.41. The molecule has 75 heavy (non-hydrogen) atoms. The molecule has 0 spiro atoms. The Kier molecular flexibility index (Phi) is 23.3. The first kappa shape index (κ1) is 60.7. The maximum Gasteiger partial charge on any atom is 0.319 e.